The zero-order valence-electron chi connectivity index (χ0n) is 8.67. The molecule has 0 amide bonds. The molecule has 0 fully saturated rings. The fraction of sp³-hybridized carbons (Fsp3) is 0.400. The summed E-state index contributed by atoms with van der Waals surface area (Å²) in [6.07, 6.45) is -4.37. The SMILES string of the molecule is COc1ccc(CN)cc1OCC(F)(F)F. The maximum Gasteiger partial charge on any atom is 0.422 e. The minimum Gasteiger partial charge on any atom is -0.493 e. The van der Waals surface area contributed by atoms with Crippen molar-refractivity contribution >= 4 is 0 Å². The van der Waals surface area contributed by atoms with Crippen molar-refractivity contribution in [2.75, 3.05) is 13.7 Å². The third-order valence-electron chi connectivity index (χ3n) is 1.86. The molecule has 90 valence electrons. The van der Waals surface area contributed by atoms with Crippen LogP contribution in [0.1, 0.15) is 5.56 Å². The highest BCUT2D eigenvalue weighted by molar-refractivity contribution is 5.42. The molecule has 0 aliphatic carbocycles. The monoisotopic (exact) mass is 235 g/mol. The Hall–Kier alpha value is -1.43. The lowest BCUT2D eigenvalue weighted by Gasteiger charge is -2.13. The first-order valence-corrected chi connectivity index (χ1v) is 4.53. The van der Waals surface area contributed by atoms with Crippen molar-refractivity contribution in [1.82, 2.24) is 0 Å². The molecule has 0 saturated carbocycles. The van der Waals surface area contributed by atoms with E-state index in [0.717, 1.165) is 0 Å². The number of methoxy groups -OCH3 is 1. The molecule has 0 aromatic heterocycles. The smallest absolute Gasteiger partial charge is 0.422 e. The quantitative estimate of drug-likeness (QED) is 0.869. The van der Waals surface area contributed by atoms with E-state index in [1.54, 1.807) is 6.07 Å². The summed E-state index contributed by atoms with van der Waals surface area (Å²) in [6, 6.07) is 4.62. The van der Waals surface area contributed by atoms with Crippen molar-refractivity contribution in [2.24, 2.45) is 5.73 Å². The van der Waals surface area contributed by atoms with Crippen LogP contribution in [0.4, 0.5) is 13.2 Å². The summed E-state index contributed by atoms with van der Waals surface area (Å²) in [4.78, 5) is 0. The number of alkyl halides is 3. The first-order chi connectivity index (χ1) is 7.46. The number of hydrogen-bond acceptors (Lipinski definition) is 3. The van der Waals surface area contributed by atoms with Gasteiger partial charge in [0.1, 0.15) is 0 Å². The van der Waals surface area contributed by atoms with Gasteiger partial charge in [-0.15, -0.1) is 0 Å². The molecule has 0 atom stereocenters. The number of rotatable bonds is 4. The summed E-state index contributed by atoms with van der Waals surface area (Å²) < 4.78 is 45.4. The van der Waals surface area contributed by atoms with Gasteiger partial charge in [-0.1, -0.05) is 6.07 Å². The zero-order chi connectivity index (χ0) is 12.2. The summed E-state index contributed by atoms with van der Waals surface area (Å²) in [6.45, 7) is -1.12. The van der Waals surface area contributed by atoms with Crippen LogP contribution in [0.25, 0.3) is 0 Å². The molecule has 16 heavy (non-hydrogen) atoms. The Labute approximate surface area is 91.0 Å². The van der Waals surface area contributed by atoms with E-state index in [1.165, 1.54) is 19.2 Å². The molecule has 0 spiro atoms. The molecule has 1 rings (SSSR count). The van der Waals surface area contributed by atoms with Gasteiger partial charge in [0.2, 0.25) is 0 Å². The molecule has 0 saturated heterocycles. The Morgan fingerprint density at radius 3 is 2.44 bits per heavy atom. The van der Waals surface area contributed by atoms with E-state index in [2.05, 4.69) is 4.74 Å². The minimum absolute atomic E-state index is 0.0442. The van der Waals surface area contributed by atoms with Gasteiger partial charge in [0.25, 0.3) is 0 Å². The maximum absolute atomic E-state index is 12.0. The fourth-order valence-electron chi connectivity index (χ4n) is 1.12. The fourth-order valence-corrected chi connectivity index (χ4v) is 1.12. The predicted molar refractivity (Wildman–Crippen MR) is 52.4 cm³/mol. The van der Waals surface area contributed by atoms with Crippen molar-refractivity contribution in [3.63, 3.8) is 0 Å². The molecule has 0 radical (unpaired) electrons. The molecule has 1 aromatic carbocycles. The summed E-state index contributed by atoms with van der Waals surface area (Å²) in [5.74, 6) is 0.296. The van der Waals surface area contributed by atoms with Crippen LogP contribution >= 0.6 is 0 Å². The van der Waals surface area contributed by atoms with Crippen LogP contribution in [-0.2, 0) is 6.54 Å². The van der Waals surface area contributed by atoms with Crippen LogP contribution in [0.3, 0.4) is 0 Å². The van der Waals surface area contributed by atoms with Gasteiger partial charge in [0.05, 0.1) is 7.11 Å². The van der Waals surface area contributed by atoms with Gasteiger partial charge in [0.15, 0.2) is 18.1 Å². The summed E-state index contributed by atoms with van der Waals surface area (Å²) in [5.41, 5.74) is 6.05. The number of ether oxygens (including phenoxy) is 2. The average Bonchev–Trinajstić information content (AvgIpc) is 2.25. The van der Waals surface area contributed by atoms with Crippen LogP contribution in [0.15, 0.2) is 18.2 Å². The van der Waals surface area contributed by atoms with Gasteiger partial charge in [-0.25, -0.2) is 0 Å². The predicted octanol–water partition coefficient (Wildman–Crippen LogP) is 2.09. The lowest BCUT2D eigenvalue weighted by Crippen LogP contribution is -2.19. The first kappa shape index (κ1) is 12.6. The van der Waals surface area contributed by atoms with Crippen molar-refractivity contribution in [1.29, 1.82) is 0 Å². The number of hydrogen-bond donors (Lipinski definition) is 1. The highest BCUT2D eigenvalue weighted by Gasteiger charge is 2.29. The molecule has 0 aliphatic rings. The Morgan fingerprint density at radius 2 is 1.94 bits per heavy atom. The molecule has 0 bridgehead atoms. The van der Waals surface area contributed by atoms with E-state index in [9.17, 15) is 13.2 Å². The molecule has 0 aliphatic heterocycles. The molecule has 0 heterocycles. The van der Waals surface area contributed by atoms with Crippen molar-refractivity contribution in [3.8, 4) is 11.5 Å². The molecule has 6 heteroatoms. The van der Waals surface area contributed by atoms with Crippen molar-refractivity contribution < 1.29 is 22.6 Å². The largest absolute Gasteiger partial charge is 0.493 e. The lowest BCUT2D eigenvalue weighted by molar-refractivity contribution is -0.153. The van der Waals surface area contributed by atoms with Gasteiger partial charge in [-0.3, -0.25) is 0 Å². The topological polar surface area (TPSA) is 44.5 Å². The van der Waals surface area contributed by atoms with E-state index in [1.807, 2.05) is 0 Å². The minimum atomic E-state index is -4.37. The van der Waals surface area contributed by atoms with Crippen LogP contribution in [-0.4, -0.2) is 19.9 Å². The highest BCUT2D eigenvalue weighted by Crippen LogP contribution is 2.29. The van der Waals surface area contributed by atoms with Crippen LogP contribution in [0.2, 0.25) is 0 Å². The molecule has 2 N–H and O–H groups in total. The second-order valence-electron chi connectivity index (χ2n) is 3.09. The second-order valence-corrected chi connectivity index (χ2v) is 3.09. The van der Waals surface area contributed by atoms with E-state index in [-0.39, 0.29) is 18.0 Å². The average molecular weight is 235 g/mol. The van der Waals surface area contributed by atoms with Crippen LogP contribution < -0.4 is 15.2 Å². The van der Waals surface area contributed by atoms with Crippen molar-refractivity contribution in [2.45, 2.75) is 12.7 Å². The van der Waals surface area contributed by atoms with E-state index < -0.39 is 12.8 Å². The Balaban J connectivity index is 2.83. The van der Waals surface area contributed by atoms with Gasteiger partial charge in [0, 0.05) is 6.54 Å². The van der Waals surface area contributed by atoms with E-state index in [4.69, 9.17) is 10.5 Å². The van der Waals surface area contributed by atoms with E-state index >= 15 is 0 Å². The third-order valence-corrected chi connectivity index (χ3v) is 1.86. The Morgan fingerprint density at radius 1 is 1.25 bits per heavy atom. The van der Waals surface area contributed by atoms with Gasteiger partial charge < -0.3 is 15.2 Å². The summed E-state index contributed by atoms with van der Waals surface area (Å²) >= 11 is 0. The molecule has 3 nitrogen and oxygen atoms in total. The lowest BCUT2D eigenvalue weighted by atomic mass is 10.2. The second kappa shape index (κ2) is 5.07. The normalized spacial score (nSPS) is 11.3. The zero-order valence-corrected chi connectivity index (χ0v) is 8.67. The summed E-state index contributed by atoms with van der Waals surface area (Å²) in [7, 11) is 1.36. The highest BCUT2D eigenvalue weighted by atomic mass is 19.4. The number of benzene rings is 1. The molecular weight excluding hydrogens is 223 g/mol. The Bertz CT molecular complexity index is 352. The van der Waals surface area contributed by atoms with Crippen LogP contribution in [0.5, 0.6) is 11.5 Å². The van der Waals surface area contributed by atoms with E-state index in [0.29, 0.717) is 5.56 Å². The molecule has 0 unspecified atom stereocenters. The molecule has 1 aromatic rings. The van der Waals surface area contributed by atoms with Gasteiger partial charge in [-0.05, 0) is 17.7 Å². The summed E-state index contributed by atoms with van der Waals surface area (Å²) in [5, 5.41) is 0. The molecular formula is C10H12F3NO2. The standard InChI is InChI=1S/C10H12F3NO2/c1-15-8-3-2-7(5-14)4-9(8)16-6-10(11,12)13/h2-4H,5-6,14H2,1H3. The van der Waals surface area contributed by atoms with Crippen LogP contribution in [0, 0.1) is 0 Å². The third kappa shape index (κ3) is 3.62. The first-order valence-electron chi connectivity index (χ1n) is 4.53. The van der Waals surface area contributed by atoms with Gasteiger partial charge in [-0.2, -0.15) is 13.2 Å². The van der Waals surface area contributed by atoms with Gasteiger partial charge >= 0.3 is 6.18 Å². The number of halogens is 3. The van der Waals surface area contributed by atoms with Crippen molar-refractivity contribution in [3.05, 3.63) is 23.8 Å². The Kier molecular flexibility index (Phi) is 4.00. The maximum atomic E-state index is 12.0. The number of nitrogens with two attached hydrogens (primary N) is 1.